The number of ketones is 1. The third kappa shape index (κ3) is 2.28. The Morgan fingerprint density at radius 2 is 2.06 bits per heavy atom. The van der Waals surface area contributed by atoms with E-state index in [2.05, 4.69) is 20.8 Å². The fraction of sp³-hybridized carbons (Fsp3) is 0.417. The van der Waals surface area contributed by atoms with Crippen LogP contribution in [0.15, 0.2) is 22.7 Å². The van der Waals surface area contributed by atoms with E-state index in [-0.39, 0.29) is 12.3 Å². The van der Waals surface area contributed by atoms with Gasteiger partial charge in [0.1, 0.15) is 0 Å². The number of carbonyl (C=O) groups excluding carboxylic acids is 1. The summed E-state index contributed by atoms with van der Waals surface area (Å²) in [6.07, 6.45) is 2.49. The van der Waals surface area contributed by atoms with Gasteiger partial charge in [0.15, 0.2) is 5.78 Å². The molecule has 0 atom stereocenters. The van der Waals surface area contributed by atoms with Gasteiger partial charge in [-0.2, -0.15) is 0 Å². The number of nitrogens with two attached hydrogens (primary N) is 1. The standard InChI is InChI=1S/C12H15BrN2O/c13-10-7-9(12(16)8-14)3-4-11(10)15-5-1-2-6-15/h3-4,7H,1-2,5-6,8,14H2. The molecule has 3 nitrogen and oxygen atoms in total. The molecule has 4 heteroatoms. The van der Waals surface area contributed by atoms with Gasteiger partial charge in [-0.05, 0) is 47.0 Å². The molecular weight excluding hydrogens is 268 g/mol. The lowest BCUT2D eigenvalue weighted by atomic mass is 10.1. The van der Waals surface area contributed by atoms with E-state index in [1.807, 2.05) is 18.2 Å². The van der Waals surface area contributed by atoms with E-state index in [4.69, 9.17) is 5.73 Å². The van der Waals surface area contributed by atoms with Gasteiger partial charge in [0.2, 0.25) is 0 Å². The lowest BCUT2D eigenvalue weighted by Crippen LogP contribution is -2.19. The van der Waals surface area contributed by atoms with Gasteiger partial charge in [0.25, 0.3) is 0 Å². The van der Waals surface area contributed by atoms with E-state index in [9.17, 15) is 4.79 Å². The largest absolute Gasteiger partial charge is 0.371 e. The molecule has 0 spiro atoms. The summed E-state index contributed by atoms with van der Waals surface area (Å²) in [5.41, 5.74) is 7.19. The van der Waals surface area contributed by atoms with Gasteiger partial charge < -0.3 is 10.6 Å². The monoisotopic (exact) mass is 282 g/mol. The first-order valence-corrected chi connectivity index (χ1v) is 6.29. The number of Topliss-reactive ketones (excluding diaryl/α,β-unsaturated/α-hetero) is 1. The zero-order chi connectivity index (χ0) is 11.5. The first kappa shape index (κ1) is 11.6. The van der Waals surface area contributed by atoms with E-state index < -0.39 is 0 Å². The quantitative estimate of drug-likeness (QED) is 0.865. The number of hydrogen-bond donors (Lipinski definition) is 1. The average Bonchev–Trinajstić information content (AvgIpc) is 2.81. The summed E-state index contributed by atoms with van der Waals surface area (Å²) >= 11 is 3.52. The van der Waals surface area contributed by atoms with Gasteiger partial charge in [-0.3, -0.25) is 4.79 Å². The van der Waals surface area contributed by atoms with E-state index in [1.54, 1.807) is 0 Å². The highest BCUT2D eigenvalue weighted by atomic mass is 79.9. The van der Waals surface area contributed by atoms with Crippen molar-refractivity contribution in [3.05, 3.63) is 28.2 Å². The number of carbonyl (C=O) groups is 1. The van der Waals surface area contributed by atoms with Crippen molar-refractivity contribution in [2.75, 3.05) is 24.5 Å². The van der Waals surface area contributed by atoms with Gasteiger partial charge in [0, 0.05) is 23.1 Å². The van der Waals surface area contributed by atoms with Crippen molar-refractivity contribution in [3.63, 3.8) is 0 Å². The van der Waals surface area contributed by atoms with Crippen molar-refractivity contribution in [3.8, 4) is 0 Å². The number of anilines is 1. The van der Waals surface area contributed by atoms with E-state index in [0.29, 0.717) is 5.56 Å². The van der Waals surface area contributed by atoms with Crippen molar-refractivity contribution in [2.45, 2.75) is 12.8 Å². The molecule has 0 unspecified atom stereocenters. The second-order valence-electron chi connectivity index (χ2n) is 3.99. The van der Waals surface area contributed by atoms with Crippen LogP contribution in [0.25, 0.3) is 0 Å². The maximum atomic E-state index is 11.4. The van der Waals surface area contributed by atoms with Crippen LogP contribution < -0.4 is 10.6 Å². The van der Waals surface area contributed by atoms with Crippen molar-refractivity contribution in [1.82, 2.24) is 0 Å². The molecule has 0 radical (unpaired) electrons. The Morgan fingerprint density at radius 1 is 1.38 bits per heavy atom. The lowest BCUT2D eigenvalue weighted by molar-refractivity contribution is 0.100. The van der Waals surface area contributed by atoms with Crippen molar-refractivity contribution < 1.29 is 4.79 Å². The molecule has 86 valence electrons. The molecule has 1 saturated heterocycles. The molecule has 16 heavy (non-hydrogen) atoms. The fourth-order valence-electron chi connectivity index (χ4n) is 2.01. The van der Waals surface area contributed by atoms with Crippen LogP contribution in [0.1, 0.15) is 23.2 Å². The van der Waals surface area contributed by atoms with Crippen LogP contribution in [0.4, 0.5) is 5.69 Å². The summed E-state index contributed by atoms with van der Waals surface area (Å²) in [6.45, 7) is 2.26. The van der Waals surface area contributed by atoms with Gasteiger partial charge in [0.05, 0.1) is 12.2 Å². The summed E-state index contributed by atoms with van der Waals surface area (Å²) in [7, 11) is 0. The molecule has 0 aromatic heterocycles. The molecule has 2 N–H and O–H groups in total. The molecule has 0 amide bonds. The molecule has 0 aliphatic carbocycles. The van der Waals surface area contributed by atoms with E-state index in [0.717, 1.165) is 17.6 Å². The summed E-state index contributed by atoms with van der Waals surface area (Å²) in [5, 5.41) is 0. The minimum Gasteiger partial charge on any atom is -0.371 e. The van der Waals surface area contributed by atoms with E-state index in [1.165, 1.54) is 18.5 Å². The first-order valence-electron chi connectivity index (χ1n) is 5.50. The normalized spacial score (nSPS) is 15.5. The Kier molecular flexibility index (Phi) is 3.61. The summed E-state index contributed by atoms with van der Waals surface area (Å²) in [4.78, 5) is 13.8. The number of rotatable bonds is 3. The van der Waals surface area contributed by atoms with Crippen LogP contribution in [0.5, 0.6) is 0 Å². The number of benzene rings is 1. The zero-order valence-electron chi connectivity index (χ0n) is 9.08. The maximum absolute atomic E-state index is 11.4. The van der Waals surface area contributed by atoms with Gasteiger partial charge in [-0.25, -0.2) is 0 Å². The van der Waals surface area contributed by atoms with Gasteiger partial charge in [-0.15, -0.1) is 0 Å². The molecular formula is C12H15BrN2O. The second kappa shape index (κ2) is 4.97. The highest BCUT2D eigenvalue weighted by Gasteiger charge is 2.15. The summed E-state index contributed by atoms with van der Waals surface area (Å²) < 4.78 is 0.980. The van der Waals surface area contributed by atoms with Crippen LogP contribution in [-0.4, -0.2) is 25.4 Å². The summed E-state index contributed by atoms with van der Waals surface area (Å²) in [5.74, 6) is -0.0197. The number of nitrogens with zero attached hydrogens (tertiary/aromatic N) is 1. The molecule has 1 fully saturated rings. The lowest BCUT2D eigenvalue weighted by Gasteiger charge is -2.19. The van der Waals surface area contributed by atoms with Crippen LogP contribution in [0.3, 0.4) is 0 Å². The Hall–Kier alpha value is -0.870. The molecule has 0 bridgehead atoms. The van der Waals surface area contributed by atoms with Crippen molar-refractivity contribution >= 4 is 27.4 Å². The molecule has 1 aromatic rings. The van der Waals surface area contributed by atoms with Crippen molar-refractivity contribution in [2.24, 2.45) is 5.73 Å². The average molecular weight is 283 g/mol. The predicted molar refractivity (Wildman–Crippen MR) is 69.0 cm³/mol. The minimum atomic E-state index is -0.0197. The Bertz CT molecular complexity index is 400. The number of hydrogen-bond acceptors (Lipinski definition) is 3. The topological polar surface area (TPSA) is 46.3 Å². The first-order chi connectivity index (χ1) is 7.72. The zero-order valence-corrected chi connectivity index (χ0v) is 10.7. The third-order valence-corrected chi connectivity index (χ3v) is 3.54. The van der Waals surface area contributed by atoms with Crippen LogP contribution in [0, 0.1) is 0 Å². The van der Waals surface area contributed by atoms with Gasteiger partial charge in [-0.1, -0.05) is 0 Å². The molecule has 0 saturated carbocycles. The third-order valence-electron chi connectivity index (χ3n) is 2.90. The Labute approximate surface area is 104 Å². The Morgan fingerprint density at radius 3 is 2.62 bits per heavy atom. The SMILES string of the molecule is NCC(=O)c1ccc(N2CCCC2)c(Br)c1. The van der Waals surface area contributed by atoms with E-state index >= 15 is 0 Å². The smallest absolute Gasteiger partial charge is 0.176 e. The molecule has 2 rings (SSSR count). The van der Waals surface area contributed by atoms with Gasteiger partial charge >= 0.3 is 0 Å². The van der Waals surface area contributed by atoms with Crippen LogP contribution in [0.2, 0.25) is 0 Å². The molecule has 1 heterocycles. The number of halogens is 1. The van der Waals surface area contributed by atoms with Crippen molar-refractivity contribution in [1.29, 1.82) is 0 Å². The highest BCUT2D eigenvalue weighted by Crippen LogP contribution is 2.29. The predicted octanol–water partition coefficient (Wildman–Crippen LogP) is 2.19. The minimum absolute atomic E-state index is 0.0197. The molecule has 1 aromatic carbocycles. The second-order valence-corrected chi connectivity index (χ2v) is 4.84. The highest BCUT2D eigenvalue weighted by molar-refractivity contribution is 9.10. The Balaban J connectivity index is 2.25. The van der Waals surface area contributed by atoms with Crippen LogP contribution in [-0.2, 0) is 0 Å². The summed E-state index contributed by atoms with van der Waals surface area (Å²) in [6, 6.07) is 5.72. The molecule has 1 aliphatic rings. The van der Waals surface area contributed by atoms with Crippen LogP contribution >= 0.6 is 15.9 Å². The molecule has 1 aliphatic heterocycles. The maximum Gasteiger partial charge on any atom is 0.176 e. The fourth-order valence-corrected chi connectivity index (χ4v) is 2.64.